The van der Waals surface area contributed by atoms with Crippen molar-refractivity contribution < 1.29 is 32.4 Å². The van der Waals surface area contributed by atoms with Crippen molar-refractivity contribution in [3.05, 3.63) is 42.4 Å². The topological polar surface area (TPSA) is 65.1 Å². The molecule has 0 fully saturated rings. The van der Waals surface area contributed by atoms with Crippen molar-refractivity contribution in [3.8, 4) is 11.5 Å². The van der Waals surface area contributed by atoms with E-state index in [1.807, 2.05) is 13.1 Å². The molecular formula is C15H15F2N2O4+. The average Bonchev–Trinajstić information content (AvgIpc) is 3.03. The number of likely N-dealkylation sites (N-methyl/N-ethyl adjacent to an activating group) is 1. The minimum Gasteiger partial charge on any atom is -0.463 e. The van der Waals surface area contributed by atoms with Crippen LogP contribution in [0.4, 0.5) is 14.5 Å². The molecule has 2 N–H and O–H groups in total. The Morgan fingerprint density at radius 3 is 2.78 bits per heavy atom. The third-order valence-corrected chi connectivity index (χ3v) is 3.20. The van der Waals surface area contributed by atoms with Gasteiger partial charge in [0, 0.05) is 11.8 Å². The van der Waals surface area contributed by atoms with E-state index in [-0.39, 0.29) is 24.0 Å². The van der Waals surface area contributed by atoms with Crippen LogP contribution in [0.25, 0.3) is 0 Å². The van der Waals surface area contributed by atoms with Crippen molar-refractivity contribution >= 4 is 11.6 Å². The number of fused-ring (bicyclic) bond motifs is 1. The predicted molar refractivity (Wildman–Crippen MR) is 75.4 cm³/mol. The molecule has 1 atom stereocenters. The van der Waals surface area contributed by atoms with Crippen LogP contribution in [-0.2, 0) is 11.3 Å². The van der Waals surface area contributed by atoms with Crippen LogP contribution >= 0.6 is 0 Å². The molecule has 1 aliphatic rings. The lowest BCUT2D eigenvalue weighted by Crippen LogP contribution is -3.08. The van der Waals surface area contributed by atoms with Gasteiger partial charge in [0.25, 0.3) is 5.91 Å². The van der Waals surface area contributed by atoms with E-state index in [1.54, 1.807) is 12.3 Å². The molecule has 2 heterocycles. The number of carbonyl (C=O) groups excluding carboxylic acids is 1. The highest BCUT2D eigenvalue weighted by Gasteiger charge is 2.43. The van der Waals surface area contributed by atoms with Gasteiger partial charge in [-0.25, -0.2) is 0 Å². The second-order valence-electron chi connectivity index (χ2n) is 5.27. The van der Waals surface area contributed by atoms with Gasteiger partial charge in [-0.3, -0.25) is 4.79 Å². The number of hydrogen-bond acceptors (Lipinski definition) is 4. The summed E-state index contributed by atoms with van der Waals surface area (Å²) < 4.78 is 39.7. The zero-order valence-electron chi connectivity index (χ0n) is 12.3. The van der Waals surface area contributed by atoms with E-state index in [1.165, 1.54) is 18.2 Å². The van der Waals surface area contributed by atoms with E-state index in [0.29, 0.717) is 12.2 Å². The molecule has 0 bridgehead atoms. The molecule has 3 rings (SSSR count). The molecule has 2 aromatic rings. The predicted octanol–water partition coefficient (Wildman–Crippen LogP) is 1.25. The Bertz CT molecular complexity index is 704. The molecule has 1 amide bonds. The Kier molecular flexibility index (Phi) is 3.91. The summed E-state index contributed by atoms with van der Waals surface area (Å²) in [6, 6.07) is 7.72. The average molecular weight is 325 g/mol. The summed E-state index contributed by atoms with van der Waals surface area (Å²) in [6.07, 6.45) is -2.09. The molecular weight excluding hydrogens is 310 g/mol. The second kappa shape index (κ2) is 5.88. The number of furan rings is 1. The number of benzene rings is 1. The summed E-state index contributed by atoms with van der Waals surface area (Å²) in [7, 11) is 1.85. The van der Waals surface area contributed by atoms with E-state index < -0.39 is 6.29 Å². The largest absolute Gasteiger partial charge is 0.586 e. The number of amides is 1. The Balaban J connectivity index is 1.56. The number of quaternary nitrogens is 1. The van der Waals surface area contributed by atoms with Crippen LogP contribution in [-0.4, -0.2) is 25.8 Å². The summed E-state index contributed by atoms with van der Waals surface area (Å²) in [5.74, 6) is 0.359. The third kappa shape index (κ3) is 3.78. The fourth-order valence-electron chi connectivity index (χ4n) is 2.28. The van der Waals surface area contributed by atoms with Gasteiger partial charge >= 0.3 is 6.29 Å². The lowest BCUT2D eigenvalue weighted by molar-refractivity contribution is -0.886. The van der Waals surface area contributed by atoms with Crippen LogP contribution in [0, 0.1) is 0 Å². The van der Waals surface area contributed by atoms with Gasteiger partial charge in [0.2, 0.25) is 0 Å². The summed E-state index contributed by atoms with van der Waals surface area (Å²) >= 11 is 0. The first-order chi connectivity index (χ1) is 10.9. The van der Waals surface area contributed by atoms with E-state index in [0.717, 1.165) is 10.7 Å². The molecule has 8 heteroatoms. The number of carbonyl (C=O) groups is 1. The molecule has 0 radical (unpaired) electrons. The molecule has 1 aliphatic heterocycles. The SMILES string of the molecule is C[NH+](CC(=O)Nc1ccc2c(c1)OC(F)(F)O2)Cc1ccco1. The van der Waals surface area contributed by atoms with Crippen molar-refractivity contribution in [3.63, 3.8) is 0 Å². The third-order valence-electron chi connectivity index (χ3n) is 3.20. The van der Waals surface area contributed by atoms with Crippen LogP contribution in [0.3, 0.4) is 0 Å². The van der Waals surface area contributed by atoms with Gasteiger partial charge in [0.05, 0.1) is 13.3 Å². The van der Waals surface area contributed by atoms with E-state index in [2.05, 4.69) is 14.8 Å². The van der Waals surface area contributed by atoms with Crippen LogP contribution in [0.5, 0.6) is 11.5 Å². The highest BCUT2D eigenvalue weighted by molar-refractivity contribution is 5.91. The van der Waals surface area contributed by atoms with Gasteiger partial charge in [-0.15, -0.1) is 8.78 Å². The summed E-state index contributed by atoms with van der Waals surface area (Å²) in [6.45, 7) is 0.763. The highest BCUT2D eigenvalue weighted by Crippen LogP contribution is 2.42. The maximum Gasteiger partial charge on any atom is 0.586 e. The van der Waals surface area contributed by atoms with E-state index in [4.69, 9.17) is 4.42 Å². The summed E-state index contributed by atoms with van der Waals surface area (Å²) in [4.78, 5) is 12.9. The number of rotatable bonds is 5. The Hall–Kier alpha value is -2.61. The molecule has 0 spiro atoms. The van der Waals surface area contributed by atoms with Gasteiger partial charge in [-0.1, -0.05) is 0 Å². The van der Waals surface area contributed by atoms with Crippen molar-refractivity contribution in [2.75, 3.05) is 18.9 Å². The maximum absolute atomic E-state index is 12.9. The second-order valence-corrected chi connectivity index (χ2v) is 5.27. The zero-order valence-corrected chi connectivity index (χ0v) is 12.3. The lowest BCUT2D eigenvalue weighted by Gasteiger charge is -2.12. The Labute approximate surface area is 130 Å². The standard InChI is InChI=1S/C15H14F2N2O4/c1-19(8-11-3-2-6-21-11)9-14(20)18-10-4-5-12-13(7-10)23-15(16,17)22-12/h2-7H,8-9H2,1H3,(H,18,20)/p+1. The van der Waals surface area contributed by atoms with Crippen molar-refractivity contribution in [2.24, 2.45) is 0 Å². The van der Waals surface area contributed by atoms with Gasteiger partial charge in [0.15, 0.2) is 23.8 Å². The van der Waals surface area contributed by atoms with Crippen molar-refractivity contribution in [1.29, 1.82) is 0 Å². The van der Waals surface area contributed by atoms with Crippen molar-refractivity contribution in [2.45, 2.75) is 12.8 Å². The first-order valence-corrected chi connectivity index (χ1v) is 6.95. The number of halogens is 2. The molecule has 0 aliphatic carbocycles. The van der Waals surface area contributed by atoms with Crippen LogP contribution in [0.2, 0.25) is 0 Å². The first-order valence-electron chi connectivity index (χ1n) is 6.95. The quantitative estimate of drug-likeness (QED) is 0.868. The lowest BCUT2D eigenvalue weighted by atomic mass is 10.2. The van der Waals surface area contributed by atoms with Crippen LogP contribution in [0.15, 0.2) is 41.0 Å². The minimum atomic E-state index is -3.67. The van der Waals surface area contributed by atoms with Gasteiger partial charge in [-0.2, -0.15) is 0 Å². The molecule has 0 saturated heterocycles. The molecule has 6 nitrogen and oxygen atoms in total. The Morgan fingerprint density at radius 2 is 2.04 bits per heavy atom. The zero-order chi connectivity index (χ0) is 16.4. The number of nitrogens with one attached hydrogen (secondary N) is 2. The smallest absolute Gasteiger partial charge is 0.463 e. The van der Waals surface area contributed by atoms with Gasteiger partial charge in [0.1, 0.15) is 6.54 Å². The number of anilines is 1. The summed E-state index contributed by atoms with van der Waals surface area (Å²) in [5, 5.41) is 2.64. The number of hydrogen-bond donors (Lipinski definition) is 2. The Morgan fingerprint density at radius 1 is 1.26 bits per heavy atom. The molecule has 1 aromatic carbocycles. The molecule has 23 heavy (non-hydrogen) atoms. The monoisotopic (exact) mass is 325 g/mol. The van der Waals surface area contributed by atoms with E-state index in [9.17, 15) is 13.6 Å². The molecule has 0 saturated carbocycles. The van der Waals surface area contributed by atoms with Gasteiger partial charge < -0.3 is 24.1 Å². The van der Waals surface area contributed by atoms with Crippen molar-refractivity contribution in [1.82, 2.24) is 0 Å². The fourth-order valence-corrected chi connectivity index (χ4v) is 2.28. The molecule has 1 unspecified atom stereocenters. The van der Waals surface area contributed by atoms with Gasteiger partial charge in [-0.05, 0) is 24.3 Å². The fraction of sp³-hybridized carbons (Fsp3) is 0.267. The summed E-state index contributed by atoms with van der Waals surface area (Å²) in [5.41, 5.74) is 0.362. The minimum absolute atomic E-state index is 0.0615. The van der Waals surface area contributed by atoms with Crippen LogP contribution < -0.4 is 19.7 Å². The molecule has 1 aromatic heterocycles. The van der Waals surface area contributed by atoms with Crippen LogP contribution in [0.1, 0.15) is 5.76 Å². The normalized spacial score (nSPS) is 16.1. The first kappa shape index (κ1) is 15.3. The number of alkyl halides is 2. The maximum atomic E-state index is 12.9. The number of ether oxygens (including phenoxy) is 2. The molecule has 122 valence electrons. The van der Waals surface area contributed by atoms with E-state index >= 15 is 0 Å². The highest BCUT2D eigenvalue weighted by atomic mass is 19.3.